The topological polar surface area (TPSA) is 88.9 Å². The number of methoxy groups -OCH3 is 1. The van der Waals surface area contributed by atoms with Gasteiger partial charge in [-0.05, 0) is 62.7 Å². The van der Waals surface area contributed by atoms with Gasteiger partial charge in [0.2, 0.25) is 5.91 Å². The minimum Gasteiger partial charge on any atom is -0.446 e. The third kappa shape index (κ3) is 7.69. The summed E-state index contributed by atoms with van der Waals surface area (Å²) >= 11 is 0. The van der Waals surface area contributed by atoms with Crippen LogP contribution in [0.15, 0.2) is 49.5 Å². The van der Waals surface area contributed by atoms with E-state index in [0.717, 1.165) is 67.6 Å². The zero-order valence-electron chi connectivity index (χ0n) is 25.7. The number of imidazole rings is 1. The second-order valence-corrected chi connectivity index (χ2v) is 11.4. The number of piperazine rings is 1. The van der Waals surface area contributed by atoms with Gasteiger partial charge < -0.3 is 24.3 Å². The number of nitrogens with zero attached hydrogens (tertiary/aromatic N) is 4. The third-order valence-corrected chi connectivity index (χ3v) is 8.45. The van der Waals surface area contributed by atoms with Crippen LogP contribution in [0, 0.1) is 6.92 Å². The standard InChI is InChI=1S/C33H47N5O4/c1-6-11-29(37-16-18-38(19-17-37)33(40)42-25-12-9-8-10-13-25)27-15-14-24(3)20-28(27)26(7-2)32(35-31(39)22-41-5)30-21-34-23-36(30)4/h6-7,14-15,20-21,23,25,29,32H,1,8-13,16-19,22H2,2-5H3,(H,35,39)/b26-7+/t29-,32-/m1/s1. The Kier molecular flexibility index (Phi) is 11.4. The SMILES string of the molecule is C=CC[C@H](c1ccc(C)cc1/C(=C\C)[C@@H](NC(=O)COC)c1cncn1C)N1CCN(C(=O)OC2CCCCC2)CC1. The third-order valence-electron chi connectivity index (χ3n) is 8.45. The smallest absolute Gasteiger partial charge is 0.410 e. The van der Waals surface area contributed by atoms with E-state index in [9.17, 15) is 9.59 Å². The molecule has 42 heavy (non-hydrogen) atoms. The number of rotatable bonds is 11. The summed E-state index contributed by atoms with van der Waals surface area (Å²) in [6, 6.07) is 6.18. The molecule has 2 heterocycles. The van der Waals surface area contributed by atoms with Crippen LogP contribution in [0.4, 0.5) is 4.79 Å². The molecule has 1 aliphatic carbocycles. The number of ether oxygens (including phenoxy) is 2. The molecule has 1 aromatic heterocycles. The van der Waals surface area contributed by atoms with E-state index in [-0.39, 0.29) is 30.8 Å². The van der Waals surface area contributed by atoms with Gasteiger partial charge in [0, 0.05) is 46.4 Å². The lowest BCUT2D eigenvalue weighted by Gasteiger charge is -2.40. The monoisotopic (exact) mass is 577 g/mol. The van der Waals surface area contributed by atoms with E-state index in [1.54, 1.807) is 12.5 Å². The normalized spacial score (nSPS) is 18.4. The van der Waals surface area contributed by atoms with Gasteiger partial charge in [-0.15, -0.1) is 6.58 Å². The molecule has 4 rings (SSSR count). The van der Waals surface area contributed by atoms with Crippen molar-refractivity contribution in [3.05, 3.63) is 71.8 Å². The van der Waals surface area contributed by atoms with Crippen LogP contribution >= 0.6 is 0 Å². The predicted octanol–water partition coefficient (Wildman–Crippen LogP) is 5.34. The molecule has 1 saturated carbocycles. The number of hydrogen-bond acceptors (Lipinski definition) is 6. The highest BCUT2D eigenvalue weighted by molar-refractivity contribution is 5.83. The average Bonchev–Trinajstić information content (AvgIpc) is 3.42. The van der Waals surface area contributed by atoms with E-state index in [1.807, 2.05) is 29.5 Å². The fourth-order valence-electron chi connectivity index (χ4n) is 6.23. The van der Waals surface area contributed by atoms with Crippen LogP contribution < -0.4 is 5.32 Å². The van der Waals surface area contributed by atoms with Gasteiger partial charge in [0.15, 0.2) is 0 Å². The minimum atomic E-state index is -0.415. The number of nitrogens with one attached hydrogen (secondary N) is 1. The Labute approximate surface area is 250 Å². The molecule has 9 heteroatoms. The van der Waals surface area contributed by atoms with Crippen molar-refractivity contribution in [2.24, 2.45) is 7.05 Å². The fourth-order valence-corrected chi connectivity index (χ4v) is 6.23. The van der Waals surface area contributed by atoms with E-state index >= 15 is 0 Å². The molecule has 9 nitrogen and oxygen atoms in total. The van der Waals surface area contributed by atoms with Gasteiger partial charge in [0.05, 0.1) is 24.3 Å². The van der Waals surface area contributed by atoms with Crippen LogP contribution in [0.5, 0.6) is 0 Å². The molecule has 2 atom stereocenters. The first kappa shape index (κ1) is 31.5. The molecule has 1 aromatic carbocycles. The Morgan fingerprint density at radius 1 is 1.17 bits per heavy atom. The van der Waals surface area contributed by atoms with Crippen molar-refractivity contribution in [1.82, 2.24) is 24.7 Å². The van der Waals surface area contributed by atoms with Crippen LogP contribution in [-0.4, -0.2) is 77.4 Å². The van der Waals surface area contributed by atoms with Gasteiger partial charge in [-0.25, -0.2) is 9.78 Å². The van der Waals surface area contributed by atoms with E-state index in [2.05, 4.69) is 53.0 Å². The highest BCUT2D eigenvalue weighted by atomic mass is 16.6. The first-order chi connectivity index (χ1) is 20.4. The second-order valence-electron chi connectivity index (χ2n) is 11.4. The average molecular weight is 578 g/mol. The first-order valence-corrected chi connectivity index (χ1v) is 15.2. The van der Waals surface area contributed by atoms with Gasteiger partial charge >= 0.3 is 6.09 Å². The summed E-state index contributed by atoms with van der Waals surface area (Å²) < 4.78 is 12.9. The van der Waals surface area contributed by atoms with E-state index in [1.165, 1.54) is 19.1 Å². The Balaban J connectivity index is 1.59. The number of benzene rings is 1. The minimum absolute atomic E-state index is 0.0292. The first-order valence-electron chi connectivity index (χ1n) is 15.2. The molecular formula is C33H47N5O4. The van der Waals surface area contributed by atoms with Crippen molar-refractivity contribution >= 4 is 17.6 Å². The molecular weight excluding hydrogens is 530 g/mol. The summed E-state index contributed by atoms with van der Waals surface area (Å²) in [7, 11) is 3.45. The lowest BCUT2D eigenvalue weighted by Crippen LogP contribution is -2.50. The van der Waals surface area contributed by atoms with Crippen LogP contribution in [0.1, 0.15) is 79.9 Å². The number of amides is 2. The number of allylic oxidation sites excluding steroid dienone is 1. The highest BCUT2D eigenvalue weighted by Crippen LogP contribution is 2.38. The fraction of sp³-hybridized carbons (Fsp3) is 0.545. The van der Waals surface area contributed by atoms with Crippen molar-refractivity contribution in [1.29, 1.82) is 0 Å². The highest BCUT2D eigenvalue weighted by Gasteiger charge is 2.32. The van der Waals surface area contributed by atoms with E-state index in [0.29, 0.717) is 13.1 Å². The number of aryl methyl sites for hydroxylation is 2. The lowest BCUT2D eigenvalue weighted by molar-refractivity contribution is -0.125. The number of carbonyl (C=O) groups is 2. The summed E-state index contributed by atoms with van der Waals surface area (Å²) in [6.07, 6.45) is 13.7. The van der Waals surface area contributed by atoms with Crippen molar-refractivity contribution in [3.63, 3.8) is 0 Å². The summed E-state index contributed by atoms with van der Waals surface area (Å²) in [5.74, 6) is -0.198. The van der Waals surface area contributed by atoms with Crippen molar-refractivity contribution in [3.8, 4) is 0 Å². The summed E-state index contributed by atoms with van der Waals surface area (Å²) in [4.78, 5) is 34.3. The number of carbonyl (C=O) groups excluding carboxylic acids is 2. The zero-order chi connectivity index (χ0) is 30.1. The van der Waals surface area contributed by atoms with Gasteiger partial charge in [0.1, 0.15) is 12.7 Å². The molecule has 2 aliphatic rings. The molecule has 2 fully saturated rings. The zero-order valence-corrected chi connectivity index (χ0v) is 25.7. The Morgan fingerprint density at radius 2 is 1.90 bits per heavy atom. The van der Waals surface area contributed by atoms with Crippen molar-refractivity contribution in [2.45, 2.75) is 70.6 Å². The van der Waals surface area contributed by atoms with Crippen LogP contribution in [-0.2, 0) is 21.3 Å². The second kappa shape index (κ2) is 15.2. The van der Waals surface area contributed by atoms with Crippen LogP contribution in [0.2, 0.25) is 0 Å². The maximum atomic E-state index is 12.9. The summed E-state index contributed by atoms with van der Waals surface area (Å²) in [6.45, 7) is 10.9. The molecule has 1 N–H and O–H groups in total. The summed E-state index contributed by atoms with van der Waals surface area (Å²) in [5, 5.41) is 3.17. The summed E-state index contributed by atoms with van der Waals surface area (Å²) in [5.41, 5.74) is 5.25. The van der Waals surface area contributed by atoms with Gasteiger partial charge in [0.25, 0.3) is 0 Å². The van der Waals surface area contributed by atoms with Gasteiger partial charge in [-0.2, -0.15) is 0 Å². The van der Waals surface area contributed by atoms with Crippen molar-refractivity contribution < 1.29 is 19.1 Å². The molecule has 2 amide bonds. The molecule has 0 unspecified atom stereocenters. The Bertz CT molecular complexity index is 1240. The maximum Gasteiger partial charge on any atom is 0.410 e. The number of aromatic nitrogens is 2. The number of hydrogen-bond donors (Lipinski definition) is 1. The molecule has 228 valence electrons. The van der Waals surface area contributed by atoms with E-state index in [4.69, 9.17) is 9.47 Å². The largest absolute Gasteiger partial charge is 0.446 e. The molecule has 0 spiro atoms. The van der Waals surface area contributed by atoms with Crippen molar-refractivity contribution in [2.75, 3.05) is 39.9 Å². The van der Waals surface area contributed by atoms with E-state index < -0.39 is 6.04 Å². The van der Waals surface area contributed by atoms with Gasteiger partial charge in [-0.1, -0.05) is 42.3 Å². The lowest BCUT2D eigenvalue weighted by atomic mass is 9.86. The molecule has 0 bridgehead atoms. The molecule has 2 aromatic rings. The maximum absolute atomic E-state index is 12.9. The Hall–Kier alpha value is -3.43. The predicted molar refractivity (Wildman–Crippen MR) is 165 cm³/mol. The van der Waals surface area contributed by atoms with Crippen LogP contribution in [0.25, 0.3) is 5.57 Å². The molecule has 1 saturated heterocycles. The molecule has 0 radical (unpaired) electrons. The quantitative estimate of drug-likeness (QED) is 0.363. The van der Waals surface area contributed by atoms with Crippen LogP contribution in [0.3, 0.4) is 0 Å². The van der Waals surface area contributed by atoms with Gasteiger partial charge in [-0.3, -0.25) is 9.69 Å². The molecule has 1 aliphatic heterocycles. The Morgan fingerprint density at radius 3 is 2.52 bits per heavy atom.